The second-order valence-electron chi connectivity index (χ2n) is 7.28. The first kappa shape index (κ1) is 17.4. The summed E-state index contributed by atoms with van der Waals surface area (Å²) >= 11 is 0. The van der Waals surface area contributed by atoms with Crippen molar-refractivity contribution in [1.29, 1.82) is 0 Å². The minimum Gasteiger partial charge on any atom is -0.349 e. The molecule has 5 nitrogen and oxygen atoms in total. The van der Waals surface area contributed by atoms with Gasteiger partial charge in [0.2, 0.25) is 5.43 Å². The highest BCUT2D eigenvalue weighted by molar-refractivity contribution is 5.97. The molecule has 0 radical (unpaired) electrons. The highest BCUT2D eigenvalue weighted by Crippen LogP contribution is 2.24. The van der Waals surface area contributed by atoms with Crippen LogP contribution in [0.3, 0.4) is 0 Å². The summed E-state index contributed by atoms with van der Waals surface area (Å²) in [5.41, 5.74) is 3.77. The van der Waals surface area contributed by atoms with Crippen molar-refractivity contribution in [3.8, 4) is 16.8 Å². The SMILES string of the molecule is O=C(NC1CC1)c1cn(-c2cccc(-c3ccccc3)c2)c2cccnc2c1=O. The Kier molecular flexibility index (Phi) is 4.21. The number of pyridine rings is 2. The second-order valence-corrected chi connectivity index (χ2v) is 7.28. The molecule has 142 valence electrons. The Bertz CT molecular complexity index is 1270. The summed E-state index contributed by atoms with van der Waals surface area (Å²) in [6.07, 6.45) is 5.14. The average molecular weight is 381 g/mol. The molecule has 5 rings (SSSR count). The fourth-order valence-corrected chi connectivity index (χ4v) is 3.48. The molecule has 29 heavy (non-hydrogen) atoms. The van der Waals surface area contributed by atoms with Crippen molar-refractivity contribution in [3.63, 3.8) is 0 Å². The zero-order chi connectivity index (χ0) is 19.8. The van der Waals surface area contributed by atoms with Crippen molar-refractivity contribution in [2.45, 2.75) is 18.9 Å². The zero-order valence-electron chi connectivity index (χ0n) is 15.7. The number of nitrogens with one attached hydrogen (secondary N) is 1. The molecule has 0 saturated heterocycles. The number of carbonyl (C=O) groups is 1. The van der Waals surface area contributed by atoms with Crippen LogP contribution in [0, 0.1) is 0 Å². The van der Waals surface area contributed by atoms with Gasteiger partial charge in [-0.05, 0) is 48.2 Å². The lowest BCUT2D eigenvalue weighted by Gasteiger charge is -2.14. The van der Waals surface area contributed by atoms with Gasteiger partial charge in [-0.15, -0.1) is 0 Å². The molecule has 1 aliphatic carbocycles. The van der Waals surface area contributed by atoms with Crippen LogP contribution < -0.4 is 10.7 Å². The Labute approximate surface area is 167 Å². The van der Waals surface area contributed by atoms with E-state index in [1.165, 1.54) is 0 Å². The van der Waals surface area contributed by atoms with Crippen LogP contribution in [0.4, 0.5) is 0 Å². The van der Waals surface area contributed by atoms with Crippen LogP contribution in [-0.4, -0.2) is 21.5 Å². The van der Waals surface area contributed by atoms with Crippen molar-refractivity contribution < 1.29 is 4.79 Å². The smallest absolute Gasteiger partial charge is 0.257 e. The molecule has 1 fully saturated rings. The Morgan fingerprint density at radius 3 is 2.55 bits per heavy atom. The van der Waals surface area contributed by atoms with Crippen molar-refractivity contribution in [2.24, 2.45) is 0 Å². The Balaban J connectivity index is 1.69. The molecule has 1 N–H and O–H groups in total. The molecule has 2 aromatic carbocycles. The minimum atomic E-state index is -0.339. The van der Waals surface area contributed by atoms with Gasteiger partial charge < -0.3 is 9.88 Å². The third-order valence-corrected chi connectivity index (χ3v) is 5.15. The first-order valence-electron chi connectivity index (χ1n) is 9.68. The lowest BCUT2D eigenvalue weighted by Crippen LogP contribution is -2.31. The van der Waals surface area contributed by atoms with E-state index in [4.69, 9.17) is 0 Å². The van der Waals surface area contributed by atoms with E-state index in [0.717, 1.165) is 29.7 Å². The Morgan fingerprint density at radius 2 is 1.76 bits per heavy atom. The van der Waals surface area contributed by atoms with E-state index in [2.05, 4.69) is 28.5 Å². The lowest BCUT2D eigenvalue weighted by molar-refractivity contribution is 0.0949. The van der Waals surface area contributed by atoms with Gasteiger partial charge >= 0.3 is 0 Å². The van der Waals surface area contributed by atoms with Gasteiger partial charge in [0.15, 0.2) is 0 Å². The summed E-state index contributed by atoms with van der Waals surface area (Å²) in [4.78, 5) is 29.9. The summed E-state index contributed by atoms with van der Waals surface area (Å²) in [5.74, 6) is -0.335. The molecule has 0 unspecified atom stereocenters. The van der Waals surface area contributed by atoms with E-state index in [1.54, 1.807) is 18.5 Å². The van der Waals surface area contributed by atoms with Gasteiger partial charge in [0, 0.05) is 24.1 Å². The van der Waals surface area contributed by atoms with Crippen molar-refractivity contribution in [1.82, 2.24) is 14.9 Å². The third-order valence-electron chi connectivity index (χ3n) is 5.15. The van der Waals surface area contributed by atoms with Crippen molar-refractivity contribution >= 4 is 16.9 Å². The number of carbonyl (C=O) groups excluding carboxylic acids is 1. The number of hydrogen-bond acceptors (Lipinski definition) is 3. The fourth-order valence-electron chi connectivity index (χ4n) is 3.48. The molecule has 1 aliphatic rings. The van der Waals surface area contributed by atoms with E-state index >= 15 is 0 Å². The predicted octanol–water partition coefficient (Wildman–Crippen LogP) is 3.94. The first-order valence-corrected chi connectivity index (χ1v) is 9.68. The first-order chi connectivity index (χ1) is 14.2. The molecule has 1 saturated carbocycles. The van der Waals surface area contributed by atoms with Gasteiger partial charge in [-0.1, -0.05) is 42.5 Å². The molecule has 0 atom stereocenters. The van der Waals surface area contributed by atoms with E-state index in [0.29, 0.717) is 11.0 Å². The molecule has 0 spiro atoms. The second kappa shape index (κ2) is 7.02. The number of hydrogen-bond donors (Lipinski definition) is 1. The van der Waals surface area contributed by atoms with Crippen LogP contribution in [0.1, 0.15) is 23.2 Å². The standard InChI is InChI=1S/C24H19N3O2/c28-23-20(24(29)26-18-11-12-18)15-27(21-10-5-13-25-22(21)23)19-9-4-8-17(14-19)16-6-2-1-3-7-16/h1-10,13-15,18H,11-12H2,(H,26,29). The number of aromatic nitrogens is 2. The maximum Gasteiger partial charge on any atom is 0.257 e. The van der Waals surface area contributed by atoms with Gasteiger partial charge in [-0.2, -0.15) is 0 Å². The largest absolute Gasteiger partial charge is 0.349 e. The molecule has 1 amide bonds. The van der Waals surface area contributed by atoms with Crippen LogP contribution in [-0.2, 0) is 0 Å². The number of fused-ring (bicyclic) bond motifs is 1. The topological polar surface area (TPSA) is 64.0 Å². The van der Waals surface area contributed by atoms with Crippen LogP contribution in [0.5, 0.6) is 0 Å². The Morgan fingerprint density at radius 1 is 0.966 bits per heavy atom. The molecule has 5 heteroatoms. The zero-order valence-corrected chi connectivity index (χ0v) is 15.7. The van der Waals surface area contributed by atoms with Gasteiger partial charge in [0.1, 0.15) is 11.1 Å². The van der Waals surface area contributed by atoms with E-state index in [1.807, 2.05) is 47.0 Å². The number of nitrogens with zero attached hydrogens (tertiary/aromatic N) is 2. The third kappa shape index (κ3) is 3.31. The summed E-state index contributed by atoms with van der Waals surface area (Å²) < 4.78 is 1.87. The van der Waals surface area contributed by atoms with Crippen LogP contribution in [0.25, 0.3) is 27.8 Å². The maximum absolute atomic E-state index is 12.9. The summed E-state index contributed by atoms with van der Waals surface area (Å²) in [5, 5.41) is 2.91. The van der Waals surface area contributed by atoms with Gasteiger partial charge in [-0.25, -0.2) is 0 Å². The van der Waals surface area contributed by atoms with Gasteiger partial charge in [0.05, 0.1) is 5.52 Å². The summed E-state index contributed by atoms with van der Waals surface area (Å²) in [7, 11) is 0. The van der Waals surface area contributed by atoms with Crippen LogP contribution in [0.15, 0.2) is 83.9 Å². The molecular weight excluding hydrogens is 362 g/mol. The van der Waals surface area contributed by atoms with Gasteiger partial charge in [0.25, 0.3) is 5.91 Å². The predicted molar refractivity (Wildman–Crippen MR) is 113 cm³/mol. The summed E-state index contributed by atoms with van der Waals surface area (Å²) in [6, 6.07) is 21.9. The maximum atomic E-state index is 12.9. The highest BCUT2D eigenvalue weighted by atomic mass is 16.2. The quantitative estimate of drug-likeness (QED) is 0.582. The minimum absolute atomic E-state index is 0.119. The molecule has 4 aromatic rings. The summed E-state index contributed by atoms with van der Waals surface area (Å²) in [6.45, 7) is 0. The van der Waals surface area contributed by atoms with E-state index < -0.39 is 0 Å². The van der Waals surface area contributed by atoms with Gasteiger partial charge in [-0.3, -0.25) is 14.6 Å². The Hall–Kier alpha value is -3.73. The van der Waals surface area contributed by atoms with Crippen LogP contribution in [0.2, 0.25) is 0 Å². The highest BCUT2D eigenvalue weighted by Gasteiger charge is 2.26. The molecule has 2 heterocycles. The number of benzene rings is 2. The normalized spacial score (nSPS) is 13.4. The fraction of sp³-hybridized carbons (Fsp3) is 0.125. The van der Waals surface area contributed by atoms with Crippen LogP contribution >= 0.6 is 0 Å². The van der Waals surface area contributed by atoms with E-state index in [-0.39, 0.29) is 22.9 Å². The van der Waals surface area contributed by atoms with Crippen molar-refractivity contribution in [3.05, 3.63) is 94.9 Å². The lowest BCUT2D eigenvalue weighted by atomic mass is 10.0. The monoisotopic (exact) mass is 381 g/mol. The van der Waals surface area contributed by atoms with E-state index in [9.17, 15) is 9.59 Å². The average Bonchev–Trinajstić information content (AvgIpc) is 3.59. The molecule has 0 bridgehead atoms. The van der Waals surface area contributed by atoms with Crippen molar-refractivity contribution in [2.75, 3.05) is 0 Å². The number of rotatable bonds is 4. The molecule has 0 aliphatic heterocycles. The molecule has 2 aromatic heterocycles. The molecular formula is C24H19N3O2. The number of amides is 1.